The molecule has 3 rings (SSSR count). The van der Waals surface area contributed by atoms with E-state index < -0.39 is 5.60 Å². The van der Waals surface area contributed by atoms with Gasteiger partial charge in [-0.3, -0.25) is 4.79 Å². The second kappa shape index (κ2) is 2.57. The summed E-state index contributed by atoms with van der Waals surface area (Å²) in [7, 11) is 0. The Morgan fingerprint density at radius 1 is 1.54 bits per heavy atom. The van der Waals surface area contributed by atoms with Crippen molar-refractivity contribution in [3.63, 3.8) is 0 Å². The Morgan fingerprint density at radius 3 is 2.69 bits per heavy atom. The fourth-order valence-electron chi connectivity index (χ4n) is 2.72. The van der Waals surface area contributed by atoms with Crippen LogP contribution in [0.3, 0.4) is 0 Å². The molecule has 0 N–H and O–H groups in total. The molecule has 74 valence electrons. The lowest BCUT2D eigenvalue weighted by Gasteiger charge is -2.53. The molecule has 0 aromatic rings. The first kappa shape index (κ1) is 9.20. The summed E-state index contributed by atoms with van der Waals surface area (Å²) in [6, 6.07) is 0. The number of ether oxygens (including phenoxy) is 1. The van der Waals surface area contributed by atoms with Crippen molar-refractivity contribution in [3.05, 3.63) is 0 Å². The molecular weight excluding hydrogens is 164 g/mol. The summed E-state index contributed by atoms with van der Waals surface area (Å²) in [5.74, 6) is 0.779. The van der Waals surface area contributed by atoms with Crippen molar-refractivity contribution >= 4 is 5.78 Å². The van der Waals surface area contributed by atoms with Gasteiger partial charge in [0.25, 0.3) is 0 Å². The summed E-state index contributed by atoms with van der Waals surface area (Å²) in [5.41, 5.74) is -0.500. The molecule has 1 aliphatic carbocycles. The van der Waals surface area contributed by atoms with Crippen LogP contribution in [0.25, 0.3) is 0 Å². The van der Waals surface area contributed by atoms with Gasteiger partial charge in [-0.05, 0) is 39.0 Å². The average Bonchev–Trinajstić information content (AvgIpc) is 2.08. The molecule has 3 atom stereocenters. The van der Waals surface area contributed by atoms with Gasteiger partial charge in [-0.25, -0.2) is 0 Å². The minimum atomic E-state index is -0.459. The van der Waals surface area contributed by atoms with Gasteiger partial charge in [-0.1, -0.05) is 6.92 Å². The van der Waals surface area contributed by atoms with E-state index in [-0.39, 0.29) is 5.60 Å². The highest BCUT2D eigenvalue weighted by Crippen LogP contribution is 2.48. The first-order chi connectivity index (χ1) is 6.00. The van der Waals surface area contributed by atoms with Gasteiger partial charge in [0, 0.05) is 6.42 Å². The molecular formula is C11H18O2. The number of hydrogen-bond acceptors (Lipinski definition) is 2. The maximum atomic E-state index is 11.7. The Balaban J connectivity index is 2.30. The number of hydrogen-bond donors (Lipinski definition) is 0. The van der Waals surface area contributed by atoms with Crippen molar-refractivity contribution in [2.45, 2.75) is 57.7 Å². The van der Waals surface area contributed by atoms with E-state index in [1.165, 1.54) is 0 Å². The lowest BCUT2D eigenvalue weighted by molar-refractivity contribution is -0.227. The van der Waals surface area contributed by atoms with E-state index in [1.807, 2.05) is 6.92 Å². The Hall–Kier alpha value is -0.370. The first-order valence-electron chi connectivity index (χ1n) is 5.24. The molecule has 2 heteroatoms. The highest BCUT2D eigenvalue weighted by Gasteiger charge is 2.54. The summed E-state index contributed by atoms with van der Waals surface area (Å²) in [6.45, 7) is 6.26. The predicted molar refractivity (Wildman–Crippen MR) is 50.5 cm³/mol. The highest BCUT2D eigenvalue weighted by atomic mass is 16.5. The van der Waals surface area contributed by atoms with E-state index in [2.05, 4.69) is 13.8 Å². The maximum absolute atomic E-state index is 11.7. The van der Waals surface area contributed by atoms with Gasteiger partial charge >= 0.3 is 0 Å². The molecule has 13 heavy (non-hydrogen) atoms. The number of rotatable bonds is 1. The van der Waals surface area contributed by atoms with Gasteiger partial charge in [0.1, 0.15) is 5.60 Å². The molecule has 0 amide bonds. The SMILES string of the molecule is CC[C@@]1(C)O[C@@]2(C)CC[C@@H]1CC2=O. The van der Waals surface area contributed by atoms with Crippen LogP contribution in [0.1, 0.15) is 46.5 Å². The Morgan fingerprint density at radius 2 is 2.23 bits per heavy atom. The second-order valence-electron chi connectivity index (χ2n) is 4.86. The normalized spacial score (nSPS) is 49.8. The summed E-state index contributed by atoms with van der Waals surface area (Å²) in [6.07, 6.45) is 3.83. The van der Waals surface area contributed by atoms with Crippen LogP contribution in [-0.2, 0) is 9.53 Å². The maximum Gasteiger partial charge on any atom is 0.164 e. The van der Waals surface area contributed by atoms with Crippen LogP contribution in [0, 0.1) is 5.92 Å². The molecule has 0 aromatic heterocycles. The second-order valence-corrected chi connectivity index (χ2v) is 4.86. The van der Waals surface area contributed by atoms with Crippen molar-refractivity contribution in [1.82, 2.24) is 0 Å². The smallest absolute Gasteiger partial charge is 0.164 e. The van der Waals surface area contributed by atoms with Crippen molar-refractivity contribution < 1.29 is 9.53 Å². The van der Waals surface area contributed by atoms with Crippen LogP contribution in [0.4, 0.5) is 0 Å². The van der Waals surface area contributed by atoms with Gasteiger partial charge in [0.2, 0.25) is 0 Å². The fourth-order valence-corrected chi connectivity index (χ4v) is 2.72. The van der Waals surface area contributed by atoms with Gasteiger partial charge in [-0.2, -0.15) is 0 Å². The van der Waals surface area contributed by atoms with Gasteiger partial charge in [-0.15, -0.1) is 0 Å². The van der Waals surface area contributed by atoms with E-state index in [1.54, 1.807) is 0 Å². The minimum Gasteiger partial charge on any atom is -0.361 e. The van der Waals surface area contributed by atoms with Crippen molar-refractivity contribution in [2.75, 3.05) is 0 Å². The molecule has 2 saturated heterocycles. The fraction of sp³-hybridized carbons (Fsp3) is 0.909. The lowest BCUT2D eigenvalue weighted by Crippen LogP contribution is -2.60. The van der Waals surface area contributed by atoms with E-state index in [4.69, 9.17) is 4.74 Å². The molecule has 2 nitrogen and oxygen atoms in total. The summed E-state index contributed by atoms with van der Waals surface area (Å²) in [5, 5.41) is 0. The van der Waals surface area contributed by atoms with Crippen LogP contribution < -0.4 is 0 Å². The number of carbonyl (C=O) groups is 1. The van der Waals surface area contributed by atoms with E-state index in [0.29, 0.717) is 11.7 Å². The van der Waals surface area contributed by atoms with Gasteiger partial charge in [0.05, 0.1) is 5.60 Å². The Kier molecular flexibility index (Phi) is 1.82. The summed E-state index contributed by atoms with van der Waals surface area (Å²) < 4.78 is 5.97. The third-order valence-corrected chi connectivity index (χ3v) is 4.02. The highest BCUT2D eigenvalue weighted by molar-refractivity contribution is 5.88. The van der Waals surface area contributed by atoms with Gasteiger partial charge in [0.15, 0.2) is 5.78 Å². The molecule has 1 saturated carbocycles. The Labute approximate surface area is 79.7 Å². The number of ketones is 1. The molecule has 3 aliphatic rings. The molecule has 2 aliphatic heterocycles. The number of fused-ring (bicyclic) bond motifs is 3. The molecule has 2 bridgehead atoms. The number of Topliss-reactive ketones (excluding diaryl/α,β-unsaturated/α-hetero) is 1. The number of carbonyl (C=O) groups excluding carboxylic acids is 1. The molecule has 3 fully saturated rings. The van der Waals surface area contributed by atoms with Gasteiger partial charge < -0.3 is 4.74 Å². The van der Waals surface area contributed by atoms with Crippen molar-refractivity contribution in [2.24, 2.45) is 5.92 Å². The van der Waals surface area contributed by atoms with Crippen LogP contribution >= 0.6 is 0 Å². The molecule has 0 radical (unpaired) electrons. The van der Waals surface area contributed by atoms with Crippen LogP contribution in [0.2, 0.25) is 0 Å². The quantitative estimate of drug-likeness (QED) is 0.622. The van der Waals surface area contributed by atoms with Crippen LogP contribution in [0.15, 0.2) is 0 Å². The van der Waals surface area contributed by atoms with E-state index in [0.717, 1.165) is 25.7 Å². The van der Waals surface area contributed by atoms with Crippen LogP contribution in [-0.4, -0.2) is 17.0 Å². The summed E-state index contributed by atoms with van der Waals surface area (Å²) >= 11 is 0. The first-order valence-corrected chi connectivity index (χ1v) is 5.24. The largest absolute Gasteiger partial charge is 0.361 e. The third kappa shape index (κ3) is 1.15. The average molecular weight is 182 g/mol. The zero-order valence-electron chi connectivity index (χ0n) is 8.72. The van der Waals surface area contributed by atoms with Crippen molar-refractivity contribution in [3.8, 4) is 0 Å². The van der Waals surface area contributed by atoms with Crippen LogP contribution in [0.5, 0.6) is 0 Å². The predicted octanol–water partition coefficient (Wildman–Crippen LogP) is 2.31. The topological polar surface area (TPSA) is 26.3 Å². The lowest BCUT2D eigenvalue weighted by atomic mass is 9.67. The minimum absolute atomic E-state index is 0.0408. The van der Waals surface area contributed by atoms with Crippen molar-refractivity contribution in [1.29, 1.82) is 0 Å². The Bertz CT molecular complexity index is 248. The molecule has 2 heterocycles. The monoisotopic (exact) mass is 182 g/mol. The molecule has 0 aromatic carbocycles. The zero-order chi connectivity index (χ0) is 9.69. The standard InChI is InChI=1S/C11H18O2/c1-4-10(2)8-5-6-11(3,13-10)9(12)7-8/h8H,4-7H2,1-3H3/t8-,10-,11+/m1/s1. The zero-order valence-corrected chi connectivity index (χ0v) is 8.72. The van der Waals surface area contributed by atoms with E-state index in [9.17, 15) is 4.79 Å². The molecule has 0 unspecified atom stereocenters. The molecule has 0 spiro atoms. The van der Waals surface area contributed by atoms with E-state index >= 15 is 0 Å². The summed E-state index contributed by atoms with van der Waals surface area (Å²) in [4.78, 5) is 11.7. The third-order valence-electron chi connectivity index (χ3n) is 4.02.